The summed E-state index contributed by atoms with van der Waals surface area (Å²) in [6.07, 6.45) is 11.5. The Labute approximate surface area is 120 Å². The second-order valence-corrected chi connectivity index (χ2v) is 8.70. The molecule has 4 saturated carbocycles. The molecule has 104 valence electrons. The normalized spacial score (nSPS) is 41.6. The summed E-state index contributed by atoms with van der Waals surface area (Å²) in [6.45, 7) is 0. The van der Waals surface area contributed by atoms with Crippen molar-refractivity contribution in [3.63, 3.8) is 0 Å². The van der Waals surface area contributed by atoms with E-state index in [4.69, 9.17) is 5.73 Å². The van der Waals surface area contributed by atoms with Gasteiger partial charge in [0.2, 0.25) is 0 Å². The second-order valence-electron chi connectivity index (χ2n) is 7.67. The van der Waals surface area contributed by atoms with E-state index in [0.717, 1.165) is 24.2 Å². The smallest absolute Gasteiger partial charge is 0.00924 e. The lowest BCUT2D eigenvalue weighted by Crippen LogP contribution is -2.48. The standard InChI is InChI=1S/C17H25NS/c18-15(7-16-2-1-3-19-16)11-17-8-12-4-13(9-17)6-14(5-12)10-17/h1-3,12-15H,4-11,18H2. The van der Waals surface area contributed by atoms with Crippen LogP contribution in [0, 0.1) is 23.2 Å². The van der Waals surface area contributed by atoms with Crippen molar-refractivity contribution in [3.8, 4) is 0 Å². The van der Waals surface area contributed by atoms with Crippen molar-refractivity contribution in [1.82, 2.24) is 0 Å². The highest BCUT2D eigenvalue weighted by atomic mass is 32.1. The first-order valence-corrected chi connectivity index (χ1v) is 8.87. The fourth-order valence-electron chi connectivity index (χ4n) is 5.86. The number of nitrogens with two attached hydrogens (primary N) is 1. The minimum absolute atomic E-state index is 0.384. The number of rotatable bonds is 4. The zero-order valence-electron chi connectivity index (χ0n) is 11.7. The molecule has 0 radical (unpaired) electrons. The molecule has 1 unspecified atom stereocenters. The topological polar surface area (TPSA) is 26.0 Å². The van der Waals surface area contributed by atoms with E-state index in [2.05, 4.69) is 17.5 Å². The first-order valence-electron chi connectivity index (χ1n) is 7.99. The van der Waals surface area contributed by atoms with Crippen molar-refractivity contribution < 1.29 is 0 Å². The number of thiophene rings is 1. The molecule has 5 rings (SSSR count). The van der Waals surface area contributed by atoms with E-state index in [1.54, 1.807) is 19.3 Å². The zero-order chi connectivity index (χ0) is 12.9. The van der Waals surface area contributed by atoms with Gasteiger partial charge in [0.25, 0.3) is 0 Å². The first kappa shape index (κ1) is 12.4. The Hall–Kier alpha value is -0.340. The monoisotopic (exact) mass is 275 g/mol. The second kappa shape index (κ2) is 4.60. The van der Waals surface area contributed by atoms with Crippen LogP contribution in [0.1, 0.15) is 49.8 Å². The third-order valence-corrected chi connectivity index (χ3v) is 6.80. The molecule has 1 nitrogen and oxygen atoms in total. The van der Waals surface area contributed by atoms with Gasteiger partial charge >= 0.3 is 0 Å². The molecule has 0 aliphatic heterocycles. The SMILES string of the molecule is NC(Cc1cccs1)CC12CC3CC(CC(C3)C1)C2. The maximum atomic E-state index is 6.49. The lowest BCUT2D eigenvalue weighted by Gasteiger charge is -2.57. The van der Waals surface area contributed by atoms with Crippen LogP contribution in [-0.2, 0) is 6.42 Å². The van der Waals surface area contributed by atoms with Crippen LogP contribution in [0.2, 0.25) is 0 Å². The molecule has 1 aromatic heterocycles. The van der Waals surface area contributed by atoms with Gasteiger partial charge < -0.3 is 5.73 Å². The van der Waals surface area contributed by atoms with Gasteiger partial charge in [0.05, 0.1) is 0 Å². The summed E-state index contributed by atoms with van der Waals surface area (Å²) >= 11 is 1.86. The highest BCUT2D eigenvalue weighted by Crippen LogP contribution is 2.61. The molecular formula is C17H25NS. The molecule has 2 N–H and O–H groups in total. The molecule has 0 aromatic carbocycles. The van der Waals surface area contributed by atoms with Gasteiger partial charge in [0, 0.05) is 10.9 Å². The van der Waals surface area contributed by atoms with E-state index in [9.17, 15) is 0 Å². The van der Waals surface area contributed by atoms with E-state index in [0.29, 0.717) is 11.5 Å². The molecule has 4 aliphatic carbocycles. The van der Waals surface area contributed by atoms with Gasteiger partial charge in [-0.15, -0.1) is 11.3 Å². The quantitative estimate of drug-likeness (QED) is 0.874. The Bertz CT molecular complexity index is 401. The molecule has 2 heteroatoms. The lowest BCUT2D eigenvalue weighted by molar-refractivity contribution is -0.0602. The summed E-state index contributed by atoms with van der Waals surface area (Å²) in [6, 6.07) is 4.77. The Morgan fingerprint density at radius 2 is 1.79 bits per heavy atom. The Kier molecular flexibility index (Phi) is 3.00. The van der Waals surface area contributed by atoms with Gasteiger partial charge in [-0.25, -0.2) is 0 Å². The van der Waals surface area contributed by atoms with E-state index in [1.807, 2.05) is 11.3 Å². The fourth-order valence-corrected chi connectivity index (χ4v) is 6.65. The summed E-state index contributed by atoms with van der Waals surface area (Å²) in [5.41, 5.74) is 7.14. The van der Waals surface area contributed by atoms with Crippen LogP contribution in [0.15, 0.2) is 17.5 Å². The van der Waals surface area contributed by atoms with Crippen molar-refractivity contribution in [2.75, 3.05) is 0 Å². The largest absolute Gasteiger partial charge is 0.327 e. The summed E-state index contributed by atoms with van der Waals surface area (Å²) in [4.78, 5) is 1.47. The summed E-state index contributed by atoms with van der Waals surface area (Å²) in [5, 5.41) is 2.17. The molecule has 4 fully saturated rings. The third-order valence-electron chi connectivity index (χ3n) is 5.90. The molecule has 0 saturated heterocycles. The third kappa shape index (κ3) is 2.38. The molecular weight excluding hydrogens is 250 g/mol. The Balaban J connectivity index is 1.44. The molecule has 1 atom stereocenters. The minimum Gasteiger partial charge on any atom is -0.327 e. The molecule has 0 spiro atoms. The molecule has 4 bridgehead atoms. The molecule has 4 aliphatic rings. The van der Waals surface area contributed by atoms with Crippen molar-refractivity contribution >= 4 is 11.3 Å². The average molecular weight is 275 g/mol. The summed E-state index contributed by atoms with van der Waals surface area (Å²) < 4.78 is 0. The van der Waals surface area contributed by atoms with Crippen LogP contribution in [0.5, 0.6) is 0 Å². The van der Waals surface area contributed by atoms with Crippen LogP contribution in [0.3, 0.4) is 0 Å². The van der Waals surface area contributed by atoms with Crippen LogP contribution >= 0.6 is 11.3 Å². The lowest BCUT2D eigenvalue weighted by atomic mass is 9.48. The maximum absolute atomic E-state index is 6.49. The first-order chi connectivity index (χ1) is 9.21. The minimum atomic E-state index is 0.384. The van der Waals surface area contributed by atoms with E-state index in [-0.39, 0.29) is 0 Å². The van der Waals surface area contributed by atoms with Gasteiger partial charge in [0.1, 0.15) is 0 Å². The van der Waals surface area contributed by atoms with Gasteiger partial charge in [0.15, 0.2) is 0 Å². The predicted molar refractivity (Wildman–Crippen MR) is 81.2 cm³/mol. The van der Waals surface area contributed by atoms with Gasteiger partial charge in [-0.2, -0.15) is 0 Å². The average Bonchev–Trinajstić information content (AvgIpc) is 2.78. The van der Waals surface area contributed by atoms with Crippen LogP contribution in [0.4, 0.5) is 0 Å². The molecule has 1 aromatic rings. The summed E-state index contributed by atoms with van der Waals surface area (Å²) in [7, 11) is 0. The molecule has 1 heterocycles. The highest BCUT2D eigenvalue weighted by Gasteiger charge is 2.50. The van der Waals surface area contributed by atoms with Crippen LogP contribution < -0.4 is 5.73 Å². The number of hydrogen-bond acceptors (Lipinski definition) is 2. The molecule has 19 heavy (non-hydrogen) atoms. The van der Waals surface area contributed by atoms with E-state index < -0.39 is 0 Å². The Morgan fingerprint density at radius 3 is 2.32 bits per heavy atom. The fraction of sp³-hybridized carbons (Fsp3) is 0.765. The van der Waals surface area contributed by atoms with Crippen LogP contribution in [0.25, 0.3) is 0 Å². The van der Waals surface area contributed by atoms with Crippen LogP contribution in [-0.4, -0.2) is 6.04 Å². The predicted octanol–water partition coefficient (Wildman–Crippen LogP) is 4.22. The number of hydrogen-bond donors (Lipinski definition) is 1. The summed E-state index contributed by atoms with van der Waals surface area (Å²) in [5.74, 6) is 3.17. The van der Waals surface area contributed by atoms with E-state index >= 15 is 0 Å². The van der Waals surface area contributed by atoms with Gasteiger partial charge in [-0.3, -0.25) is 0 Å². The van der Waals surface area contributed by atoms with Crippen molar-refractivity contribution in [2.24, 2.45) is 28.9 Å². The zero-order valence-corrected chi connectivity index (χ0v) is 12.5. The van der Waals surface area contributed by atoms with Gasteiger partial charge in [-0.1, -0.05) is 6.07 Å². The van der Waals surface area contributed by atoms with Crippen molar-refractivity contribution in [1.29, 1.82) is 0 Å². The van der Waals surface area contributed by atoms with Crippen molar-refractivity contribution in [2.45, 2.75) is 57.4 Å². The maximum Gasteiger partial charge on any atom is 0.00924 e. The Morgan fingerprint density at radius 1 is 1.16 bits per heavy atom. The van der Waals surface area contributed by atoms with Crippen molar-refractivity contribution in [3.05, 3.63) is 22.4 Å². The van der Waals surface area contributed by atoms with Gasteiger partial charge in [-0.05, 0) is 86.0 Å². The molecule has 0 amide bonds. The highest BCUT2D eigenvalue weighted by molar-refractivity contribution is 7.09. The van der Waals surface area contributed by atoms with E-state index in [1.165, 1.54) is 30.6 Å².